The Morgan fingerprint density at radius 2 is 0.281 bits per heavy atom. The first kappa shape index (κ1) is 38.5. The highest BCUT2D eigenvalue weighted by Crippen LogP contribution is 2.47. The van der Waals surface area contributed by atoms with E-state index in [0.29, 0.717) is 38.9 Å². The Bertz CT molecular complexity index is 6920. The van der Waals surface area contributed by atoms with Crippen molar-refractivity contribution in [3.8, 4) is 100 Å². The molecule has 0 aromatic heterocycles. The molecule has 0 saturated carbocycles. The molecule has 0 nitrogen and oxygen atoms in total. The Hall–Kier alpha value is -12.5. The van der Waals surface area contributed by atoms with Crippen molar-refractivity contribution in [3.63, 3.8) is 0 Å². The summed E-state index contributed by atoms with van der Waals surface area (Å²) < 4.78 is 194. The molecule has 0 heteroatoms. The smallest absolute Gasteiger partial charge is 0.0622 e. The van der Waals surface area contributed by atoms with Crippen molar-refractivity contribution in [3.05, 3.63) is 400 Å². The van der Waals surface area contributed by atoms with Crippen molar-refractivity contribution in [1.29, 1.82) is 0 Å². The minimum atomic E-state index is -0.446. The molecule has 18 rings (SSSR count). The van der Waals surface area contributed by atoms with Crippen LogP contribution in [0.25, 0.3) is 165 Å². The third kappa shape index (κ3) is 11.4. The zero-order chi connectivity index (χ0) is 84.0. The third-order valence-corrected chi connectivity index (χ3v) is 17.3. The summed E-state index contributed by atoms with van der Waals surface area (Å²) in [7, 11) is 0. The van der Waals surface area contributed by atoms with Crippen LogP contribution in [-0.4, -0.2) is 0 Å². The zero-order valence-electron chi connectivity index (χ0n) is 74.3. The van der Waals surface area contributed by atoms with Gasteiger partial charge in [0.1, 0.15) is 0 Å². The normalized spacial score (nSPS) is 14.5. The highest BCUT2D eigenvalue weighted by atomic mass is 14.2. The Balaban J connectivity index is 0.000000133. The summed E-state index contributed by atoms with van der Waals surface area (Å²) in [6.45, 7) is 0. The van der Waals surface area contributed by atoms with Gasteiger partial charge in [0.25, 0.3) is 0 Å². The van der Waals surface area contributed by atoms with Gasteiger partial charge in [0.05, 0.1) is 31.5 Å². The van der Waals surface area contributed by atoms with E-state index in [2.05, 4.69) is 36.4 Å². The molecule has 0 aliphatic heterocycles. The number of benzene rings is 18. The maximum atomic E-state index is 8.96. The SMILES string of the molecule is [2H]c1c([2H])c([2H])c(-c2c3ccccc3c(-c3ccc(-c4ccccc4)cc3)c3ccccc23)c([2H])c1[2H].[2H]c1c([2H])c([2H])c(-c2ccc(-c3c4ccccc4c(-c4c([2H])c([2H])c([2H])c([2H])c4[2H])c4ccccc34)cc2)c([2H])c1[2H].[2H]c1c([2H])c([2H])c2c(-c3ccc(-c4ccccc4)cc3)c3c([2H])c([2H])c([2H])c([2H])c3c(-c3ccccc3)c2c1[2H]. The fraction of sp³-hybridized carbons (Fsp3) is 0. The van der Waals surface area contributed by atoms with Gasteiger partial charge in [-0.25, -0.2) is 0 Å². The van der Waals surface area contributed by atoms with Crippen LogP contribution in [0.5, 0.6) is 0 Å². The van der Waals surface area contributed by atoms with Crippen LogP contribution in [0.1, 0.15) is 31.5 Å². The van der Waals surface area contributed by atoms with Gasteiger partial charge in [0.2, 0.25) is 0 Å². The molecule has 18 aromatic rings. The van der Waals surface area contributed by atoms with Crippen molar-refractivity contribution >= 4 is 64.6 Å². The largest absolute Gasteiger partial charge is 0.0629 e. The average Bonchev–Trinajstić information content (AvgIpc) is 0.749. The van der Waals surface area contributed by atoms with E-state index < -0.39 is 60.4 Å². The van der Waals surface area contributed by atoms with Crippen LogP contribution >= 0.6 is 0 Å². The first-order valence-electron chi connectivity index (χ1n) is 42.8. The summed E-state index contributed by atoms with van der Waals surface area (Å²) in [5, 5.41) is 7.58. The molecular weight excluding hydrogens is 1150 g/mol. The highest BCUT2D eigenvalue weighted by molar-refractivity contribution is 6.24. The van der Waals surface area contributed by atoms with Crippen molar-refractivity contribution in [2.75, 3.05) is 0 Å². The fourth-order valence-corrected chi connectivity index (χ4v) is 13.1. The molecule has 0 amide bonds. The molecule has 0 heterocycles. The van der Waals surface area contributed by atoms with Gasteiger partial charge >= 0.3 is 0 Å². The first-order valence-corrected chi connectivity index (χ1v) is 31.3. The molecule has 0 radical (unpaired) electrons. The minimum Gasteiger partial charge on any atom is -0.0622 e. The minimum absolute atomic E-state index is 0.124. The third-order valence-electron chi connectivity index (χ3n) is 17.3. The van der Waals surface area contributed by atoms with E-state index in [1.807, 2.05) is 188 Å². The molecule has 0 saturated heterocycles. The lowest BCUT2D eigenvalue weighted by Crippen LogP contribution is -1.90. The van der Waals surface area contributed by atoms with Crippen LogP contribution in [0.4, 0.5) is 0 Å². The Kier molecular flexibility index (Phi) is 10.7. The standard InChI is InChI=1S/3C32H22/c3*1-3-11-23(12-4-1)24-19-21-26(22-20-24)32-29-17-9-7-15-27(29)31(25-13-5-2-6-14-25)28-16-8-10-18-30(28)32/h3*1-22H/i1D,2D,3D,4D,5D,6D,11D,12D,13D,14D;7D,8D,9D,10D,15D,16D,17D,18D;2D,5D,6D,13D,14D. The summed E-state index contributed by atoms with van der Waals surface area (Å²) >= 11 is 0. The van der Waals surface area contributed by atoms with Gasteiger partial charge in [-0.15, -0.1) is 0 Å². The Morgan fingerprint density at radius 3 is 0.552 bits per heavy atom. The van der Waals surface area contributed by atoms with E-state index in [1.54, 1.807) is 36.4 Å². The number of rotatable bonds is 9. The monoisotopic (exact) mass is 1240 g/mol. The summed E-state index contributed by atoms with van der Waals surface area (Å²) in [5.41, 5.74) is 12.1. The highest BCUT2D eigenvalue weighted by Gasteiger charge is 2.20. The molecule has 96 heavy (non-hydrogen) atoms. The predicted molar refractivity (Wildman–Crippen MR) is 413 cm³/mol. The van der Waals surface area contributed by atoms with Crippen molar-refractivity contribution in [2.45, 2.75) is 0 Å². The van der Waals surface area contributed by atoms with Gasteiger partial charge < -0.3 is 0 Å². The van der Waals surface area contributed by atoms with E-state index in [1.165, 1.54) is 0 Å². The molecule has 450 valence electrons. The van der Waals surface area contributed by atoms with Gasteiger partial charge in [-0.1, -0.05) is 400 Å². The van der Waals surface area contributed by atoms with Crippen molar-refractivity contribution in [1.82, 2.24) is 0 Å². The summed E-state index contributed by atoms with van der Waals surface area (Å²) in [6.07, 6.45) is 0. The predicted octanol–water partition coefficient (Wildman–Crippen LogP) is 27.0. The lowest BCUT2D eigenvalue weighted by molar-refractivity contribution is 1.61. The second-order valence-electron chi connectivity index (χ2n) is 22.8. The topological polar surface area (TPSA) is 0 Å². The van der Waals surface area contributed by atoms with E-state index >= 15 is 0 Å². The second-order valence-corrected chi connectivity index (χ2v) is 22.8. The average molecular weight is 1240 g/mol. The molecule has 0 aliphatic carbocycles. The van der Waals surface area contributed by atoms with E-state index in [4.69, 9.17) is 31.5 Å². The first-order chi connectivity index (χ1) is 57.2. The number of hydrogen-bond donors (Lipinski definition) is 0. The molecule has 0 bridgehead atoms. The molecule has 0 unspecified atom stereocenters. The second kappa shape index (κ2) is 26.6. The van der Waals surface area contributed by atoms with Crippen molar-refractivity contribution in [2.24, 2.45) is 0 Å². The van der Waals surface area contributed by atoms with E-state index in [0.717, 1.165) is 87.6 Å². The van der Waals surface area contributed by atoms with Gasteiger partial charge in [0.15, 0.2) is 0 Å². The number of fused-ring (bicyclic) bond motifs is 6. The molecule has 0 spiro atoms. The number of hydrogen-bond acceptors (Lipinski definition) is 0. The Morgan fingerprint density at radius 1 is 0.115 bits per heavy atom. The van der Waals surface area contributed by atoms with Gasteiger partial charge in [0, 0.05) is 0 Å². The van der Waals surface area contributed by atoms with Crippen LogP contribution in [0.15, 0.2) is 400 Å². The zero-order valence-corrected chi connectivity index (χ0v) is 51.3. The molecule has 0 N–H and O–H groups in total. The lowest BCUT2D eigenvalue weighted by Gasteiger charge is -2.18. The van der Waals surface area contributed by atoms with Crippen LogP contribution in [-0.2, 0) is 0 Å². The summed E-state index contributed by atoms with van der Waals surface area (Å²) in [5.74, 6) is 0. The molecule has 18 aromatic carbocycles. The van der Waals surface area contributed by atoms with Gasteiger partial charge in [-0.3, -0.25) is 0 Å². The van der Waals surface area contributed by atoms with Crippen molar-refractivity contribution < 1.29 is 31.5 Å². The quantitative estimate of drug-likeness (QED) is 0.126. The van der Waals surface area contributed by atoms with E-state index in [9.17, 15) is 0 Å². The fourth-order valence-electron chi connectivity index (χ4n) is 13.1. The summed E-state index contributed by atoms with van der Waals surface area (Å²) in [6, 6.07) is 75.4. The molecule has 0 aliphatic rings. The van der Waals surface area contributed by atoms with Crippen LogP contribution < -0.4 is 0 Å². The maximum Gasteiger partial charge on any atom is 0.0629 e. The van der Waals surface area contributed by atoms with Gasteiger partial charge in [-0.05, 0) is 165 Å². The Labute approximate surface area is 593 Å². The van der Waals surface area contributed by atoms with Crippen LogP contribution in [0, 0.1) is 0 Å². The molecule has 0 atom stereocenters. The summed E-state index contributed by atoms with van der Waals surface area (Å²) in [4.78, 5) is 0. The van der Waals surface area contributed by atoms with Gasteiger partial charge in [-0.2, -0.15) is 0 Å². The molecule has 0 fully saturated rings. The lowest BCUT2D eigenvalue weighted by atomic mass is 9.86. The van der Waals surface area contributed by atoms with E-state index in [-0.39, 0.29) is 117 Å². The van der Waals surface area contributed by atoms with Crippen LogP contribution in [0.3, 0.4) is 0 Å². The molecular formula is C96H66. The maximum absolute atomic E-state index is 8.96. The van der Waals surface area contributed by atoms with Crippen LogP contribution in [0.2, 0.25) is 0 Å².